The third kappa shape index (κ3) is 2.36. The Morgan fingerprint density at radius 3 is 2.56 bits per heavy atom. The normalized spacial score (nSPS) is 28.3. The van der Waals surface area contributed by atoms with Crippen LogP contribution in [0.25, 0.3) is 0 Å². The monoisotopic (exact) mass is 254 g/mol. The lowest BCUT2D eigenvalue weighted by Crippen LogP contribution is -2.65. The Balaban J connectivity index is 2.18. The maximum atomic E-state index is 12.4. The summed E-state index contributed by atoms with van der Waals surface area (Å²) in [6.07, 6.45) is 2.42. The van der Waals surface area contributed by atoms with E-state index < -0.39 is 0 Å². The molecule has 18 heavy (non-hydrogen) atoms. The number of carbonyl (C=O) groups excluding carboxylic acids is 2. The van der Waals surface area contributed by atoms with Gasteiger partial charge in [-0.25, -0.2) is 0 Å². The molecule has 0 N–H and O–H groups in total. The van der Waals surface area contributed by atoms with E-state index in [1.807, 2.05) is 7.05 Å². The van der Waals surface area contributed by atoms with E-state index in [1.54, 1.807) is 4.90 Å². The molecule has 0 aromatic heterocycles. The largest absolute Gasteiger partial charge is 0.469 e. The molecule has 1 unspecified atom stereocenters. The highest BCUT2D eigenvalue weighted by Crippen LogP contribution is 2.35. The van der Waals surface area contributed by atoms with Gasteiger partial charge in [0.15, 0.2) is 0 Å². The second kappa shape index (κ2) is 4.53. The van der Waals surface area contributed by atoms with Crippen molar-refractivity contribution in [1.82, 2.24) is 9.80 Å². The number of esters is 1. The Hall–Kier alpha value is -1.10. The second-order valence-electron chi connectivity index (χ2n) is 5.91. The number of likely N-dealkylation sites (N-methyl/N-ethyl adjacent to an activating group) is 1. The number of nitrogens with zero attached hydrogens (tertiary/aromatic N) is 2. The lowest BCUT2D eigenvalue weighted by molar-refractivity contribution is -0.156. The minimum Gasteiger partial charge on any atom is -0.469 e. The van der Waals surface area contributed by atoms with Crippen molar-refractivity contribution in [3.8, 4) is 0 Å². The molecule has 1 aliphatic heterocycles. The second-order valence-corrected chi connectivity index (χ2v) is 5.91. The Labute approximate surface area is 108 Å². The number of hydrogen-bond donors (Lipinski definition) is 0. The third-order valence-corrected chi connectivity index (χ3v) is 4.10. The van der Waals surface area contributed by atoms with Gasteiger partial charge in [0.05, 0.1) is 13.5 Å². The van der Waals surface area contributed by atoms with Gasteiger partial charge < -0.3 is 9.64 Å². The molecule has 1 amide bonds. The van der Waals surface area contributed by atoms with Gasteiger partial charge in [-0.2, -0.15) is 0 Å². The molecule has 1 saturated heterocycles. The van der Waals surface area contributed by atoms with Crippen molar-refractivity contribution in [1.29, 1.82) is 0 Å². The van der Waals surface area contributed by atoms with Crippen molar-refractivity contribution in [2.75, 3.05) is 20.7 Å². The highest BCUT2D eigenvalue weighted by atomic mass is 16.5. The van der Waals surface area contributed by atoms with Crippen LogP contribution in [0.1, 0.15) is 33.1 Å². The lowest BCUT2D eigenvalue weighted by atomic mass is 9.94. The maximum Gasteiger partial charge on any atom is 0.307 e. The summed E-state index contributed by atoms with van der Waals surface area (Å²) in [5, 5.41) is 0. The Bertz CT molecular complexity index is 363. The van der Waals surface area contributed by atoms with Crippen LogP contribution in [0, 0.1) is 0 Å². The van der Waals surface area contributed by atoms with Gasteiger partial charge in [-0.3, -0.25) is 14.5 Å². The molecule has 1 heterocycles. The van der Waals surface area contributed by atoms with E-state index in [1.165, 1.54) is 7.11 Å². The molecule has 2 aliphatic rings. The first-order valence-corrected chi connectivity index (χ1v) is 6.47. The van der Waals surface area contributed by atoms with Gasteiger partial charge in [0.25, 0.3) is 0 Å². The number of ether oxygens (including phenoxy) is 1. The van der Waals surface area contributed by atoms with Crippen molar-refractivity contribution < 1.29 is 14.3 Å². The first-order chi connectivity index (χ1) is 8.36. The highest BCUT2D eigenvalue weighted by molar-refractivity contribution is 5.87. The molecule has 5 heteroatoms. The summed E-state index contributed by atoms with van der Waals surface area (Å²) in [6, 6.07) is 0.125. The van der Waals surface area contributed by atoms with Crippen LogP contribution < -0.4 is 0 Å². The standard InChI is InChI=1S/C13H22N2O3/c1-13(2)8-15(9-5-6-9)10(7-11(16)18-4)12(17)14(13)3/h9-10H,5-8H2,1-4H3. The maximum absolute atomic E-state index is 12.4. The van der Waals surface area contributed by atoms with E-state index >= 15 is 0 Å². The fraction of sp³-hybridized carbons (Fsp3) is 0.846. The smallest absolute Gasteiger partial charge is 0.307 e. The molecule has 0 radical (unpaired) electrons. The van der Waals surface area contributed by atoms with Crippen LogP contribution in [0.15, 0.2) is 0 Å². The van der Waals surface area contributed by atoms with Crippen molar-refractivity contribution in [3.63, 3.8) is 0 Å². The molecule has 1 atom stereocenters. The van der Waals surface area contributed by atoms with Gasteiger partial charge in [-0.15, -0.1) is 0 Å². The van der Waals surface area contributed by atoms with Crippen LogP contribution in [0.5, 0.6) is 0 Å². The average Bonchev–Trinajstić information content (AvgIpc) is 3.13. The van der Waals surface area contributed by atoms with Gasteiger partial charge >= 0.3 is 5.97 Å². The zero-order valence-corrected chi connectivity index (χ0v) is 11.6. The Morgan fingerprint density at radius 1 is 1.44 bits per heavy atom. The summed E-state index contributed by atoms with van der Waals surface area (Å²) in [4.78, 5) is 27.8. The summed E-state index contributed by atoms with van der Waals surface area (Å²) in [6.45, 7) is 4.95. The molecule has 2 fully saturated rings. The van der Waals surface area contributed by atoms with E-state index in [-0.39, 0.29) is 29.9 Å². The Kier molecular flexibility index (Phi) is 3.36. The van der Waals surface area contributed by atoms with Gasteiger partial charge in [-0.1, -0.05) is 0 Å². The fourth-order valence-corrected chi connectivity index (χ4v) is 2.56. The van der Waals surface area contributed by atoms with Crippen LogP contribution in [-0.2, 0) is 14.3 Å². The van der Waals surface area contributed by atoms with Crippen LogP contribution in [0.4, 0.5) is 0 Å². The summed E-state index contributed by atoms with van der Waals surface area (Å²) >= 11 is 0. The zero-order chi connectivity index (χ0) is 13.5. The molecule has 1 saturated carbocycles. The molecule has 0 spiro atoms. The number of amides is 1. The van der Waals surface area contributed by atoms with Crippen molar-refractivity contribution in [3.05, 3.63) is 0 Å². The zero-order valence-electron chi connectivity index (χ0n) is 11.6. The van der Waals surface area contributed by atoms with Crippen LogP contribution in [0.2, 0.25) is 0 Å². The molecule has 2 rings (SSSR count). The molecule has 5 nitrogen and oxygen atoms in total. The van der Waals surface area contributed by atoms with Crippen molar-refractivity contribution in [2.45, 2.75) is 50.7 Å². The Morgan fingerprint density at radius 2 is 2.06 bits per heavy atom. The number of hydrogen-bond acceptors (Lipinski definition) is 4. The number of piperazine rings is 1. The van der Waals surface area contributed by atoms with E-state index in [2.05, 4.69) is 18.7 Å². The molecule has 0 aromatic rings. The number of methoxy groups -OCH3 is 1. The van der Waals surface area contributed by atoms with E-state index in [0.717, 1.165) is 19.4 Å². The fourth-order valence-electron chi connectivity index (χ4n) is 2.56. The first-order valence-electron chi connectivity index (χ1n) is 6.47. The van der Waals surface area contributed by atoms with Gasteiger partial charge in [0.2, 0.25) is 5.91 Å². The third-order valence-electron chi connectivity index (χ3n) is 4.10. The quantitative estimate of drug-likeness (QED) is 0.693. The van der Waals surface area contributed by atoms with E-state index in [4.69, 9.17) is 4.74 Å². The SMILES string of the molecule is COC(=O)CC1C(=O)N(C)C(C)(C)CN1C1CC1. The summed E-state index contributed by atoms with van der Waals surface area (Å²) in [5.74, 6) is -0.282. The van der Waals surface area contributed by atoms with Gasteiger partial charge in [0.1, 0.15) is 6.04 Å². The van der Waals surface area contributed by atoms with E-state index in [0.29, 0.717) is 6.04 Å². The van der Waals surface area contributed by atoms with Crippen LogP contribution >= 0.6 is 0 Å². The van der Waals surface area contributed by atoms with Gasteiger partial charge in [-0.05, 0) is 26.7 Å². The minimum absolute atomic E-state index is 0.0311. The minimum atomic E-state index is -0.344. The summed E-state index contributed by atoms with van der Waals surface area (Å²) < 4.78 is 4.70. The molecule has 0 bridgehead atoms. The topological polar surface area (TPSA) is 49.9 Å². The summed E-state index contributed by atoms with van der Waals surface area (Å²) in [7, 11) is 3.18. The van der Waals surface area contributed by atoms with Crippen LogP contribution in [-0.4, -0.2) is 60.0 Å². The molecular formula is C13H22N2O3. The highest BCUT2D eigenvalue weighted by Gasteiger charge is 2.48. The average molecular weight is 254 g/mol. The van der Waals surface area contributed by atoms with E-state index in [9.17, 15) is 9.59 Å². The van der Waals surface area contributed by atoms with Crippen LogP contribution in [0.3, 0.4) is 0 Å². The lowest BCUT2D eigenvalue weighted by Gasteiger charge is -2.49. The molecule has 0 aromatic carbocycles. The van der Waals surface area contributed by atoms with Crippen molar-refractivity contribution in [2.24, 2.45) is 0 Å². The predicted molar refractivity (Wildman–Crippen MR) is 67.0 cm³/mol. The predicted octanol–water partition coefficient (Wildman–Crippen LogP) is 0.633. The first kappa shape index (κ1) is 13.3. The van der Waals surface area contributed by atoms with Crippen molar-refractivity contribution >= 4 is 11.9 Å². The number of rotatable bonds is 3. The molecule has 102 valence electrons. The summed E-state index contributed by atoms with van der Waals surface area (Å²) in [5.41, 5.74) is -0.174. The van der Waals surface area contributed by atoms with Gasteiger partial charge in [0, 0.05) is 25.2 Å². The molecular weight excluding hydrogens is 232 g/mol. The number of carbonyl (C=O) groups is 2. The molecule has 1 aliphatic carbocycles.